The molecule has 1 aliphatic heterocycles. The summed E-state index contributed by atoms with van der Waals surface area (Å²) in [5.74, 6) is 1.51. The molecule has 7 heteroatoms. The zero-order chi connectivity index (χ0) is 21.1. The van der Waals surface area contributed by atoms with E-state index in [1.807, 2.05) is 36.4 Å². The summed E-state index contributed by atoms with van der Waals surface area (Å²) in [5, 5.41) is 0.554. The minimum Gasteiger partial charge on any atom is -0.495 e. The number of Topliss-reactive ketones (excluding diaryl/α,β-unsaturated/α-hetero) is 1. The van der Waals surface area contributed by atoms with E-state index >= 15 is 0 Å². The summed E-state index contributed by atoms with van der Waals surface area (Å²) in [6.07, 6.45) is 0. The molecule has 156 valence electrons. The van der Waals surface area contributed by atoms with Crippen molar-refractivity contribution in [2.45, 2.75) is 20.0 Å². The van der Waals surface area contributed by atoms with Crippen LogP contribution in [0.4, 0.5) is 5.69 Å². The van der Waals surface area contributed by atoms with E-state index in [1.54, 1.807) is 17.7 Å². The molecule has 0 atom stereocenters. The van der Waals surface area contributed by atoms with Gasteiger partial charge in [-0.05, 0) is 31.2 Å². The Bertz CT molecular complexity index is 1120. The van der Waals surface area contributed by atoms with Crippen LogP contribution in [0, 0.1) is 0 Å². The van der Waals surface area contributed by atoms with Crippen molar-refractivity contribution in [2.24, 2.45) is 0 Å². The van der Waals surface area contributed by atoms with Gasteiger partial charge in [-0.2, -0.15) is 0 Å². The Morgan fingerprint density at radius 2 is 1.80 bits per heavy atom. The number of carbonyl (C=O) groups excluding carboxylic acids is 1. The van der Waals surface area contributed by atoms with Gasteiger partial charge in [-0.1, -0.05) is 24.3 Å². The highest BCUT2D eigenvalue weighted by atomic mass is 16.5. The molecule has 0 bridgehead atoms. The molecular formula is C23H27N4O3+. The largest absolute Gasteiger partial charge is 0.495 e. The molecule has 0 aliphatic carbocycles. The van der Waals surface area contributed by atoms with Gasteiger partial charge < -0.3 is 14.5 Å². The Morgan fingerprint density at radius 1 is 1.10 bits per heavy atom. The number of hydrogen-bond acceptors (Lipinski definition) is 5. The molecular weight excluding hydrogens is 380 g/mol. The average Bonchev–Trinajstić information content (AvgIpc) is 2.77. The molecule has 1 aliphatic rings. The van der Waals surface area contributed by atoms with Crippen LogP contribution in [0.5, 0.6) is 5.75 Å². The Morgan fingerprint density at radius 3 is 2.53 bits per heavy atom. The SMILES string of the molecule is COc1ccccc1N1CC[NH+](Cc2nc3ccccc3c(=O)n2CC(C)=O)CC1. The fourth-order valence-electron chi connectivity index (χ4n) is 4.09. The summed E-state index contributed by atoms with van der Waals surface area (Å²) in [6, 6.07) is 15.4. The third-order valence-electron chi connectivity index (χ3n) is 5.63. The number of quaternary nitrogens is 1. The number of nitrogens with zero attached hydrogens (tertiary/aromatic N) is 3. The van der Waals surface area contributed by atoms with Gasteiger partial charge in [0.2, 0.25) is 0 Å². The standard InChI is InChI=1S/C23H26N4O3/c1-17(28)15-27-22(24-19-8-4-3-7-18(19)23(27)29)16-25-11-13-26(14-12-25)20-9-5-6-10-21(20)30-2/h3-10H,11-16H2,1-2H3/p+1. The highest BCUT2D eigenvalue weighted by Gasteiger charge is 2.24. The number of nitrogens with one attached hydrogen (secondary N) is 1. The van der Waals surface area contributed by atoms with Gasteiger partial charge in [0.25, 0.3) is 5.56 Å². The Labute approximate surface area is 175 Å². The summed E-state index contributed by atoms with van der Waals surface area (Å²) in [7, 11) is 1.69. The normalized spacial score (nSPS) is 14.8. The highest BCUT2D eigenvalue weighted by Crippen LogP contribution is 2.27. The second-order valence-electron chi connectivity index (χ2n) is 7.72. The second kappa shape index (κ2) is 8.67. The number of carbonyl (C=O) groups is 1. The Kier molecular flexibility index (Phi) is 5.81. The maximum absolute atomic E-state index is 13.0. The molecule has 0 radical (unpaired) electrons. The lowest BCUT2D eigenvalue weighted by atomic mass is 10.2. The summed E-state index contributed by atoms with van der Waals surface area (Å²) in [4.78, 5) is 33.2. The van der Waals surface area contributed by atoms with Crippen molar-refractivity contribution in [3.05, 3.63) is 64.7 Å². The van der Waals surface area contributed by atoms with Crippen molar-refractivity contribution in [2.75, 3.05) is 38.2 Å². The molecule has 1 saturated heterocycles. The summed E-state index contributed by atoms with van der Waals surface area (Å²) in [6.45, 7) is 5.80. The predicted molar refractivity (Wildman–Crippen MR) is 116 cm³/mol. The number of rotatable bonds is 6. The van der Waals surface area contributed by atoms with Gasteiger partial charge in [0.05, 0.1) is 56.4 Å². The number of hydrogen-bond donors (Lipinski definition) is 1. The Balaban J connectivity index is 1.55. The van der Waals surface area contributed by atoms with Gasteiger partial charge in [0.1, 0.15) is 18.1 Å². The van der Waals surface area contributed by atoms with Crippen LogP contribution in [-0.2, 0) is 17.9 Å². The summed E-state index contributed by atoms with van der Waals surface area (Å²) < 4.78 is 7.05. The van der Waals surface area contributed by atoms with Crippen molar-refractivity contribution in [3.8, 4) is 5.75 Å². The zero-order valence-corrected chi connectivity index (χ0v) is 17.4. The fraction of sp³-hybridized carbons (Fsp3) is 0.348. The first-order valence-corrected chi connectivity index (χ1v) is 10.3. The molecule has 0 saturated carbocycles. The summed E-state index contributed by atoms with van der Waals surface area (Å²) >= 11 is 0. The molecule has 4 rings (SSSR count). The van der Waals surface area contributed by atoms with Crippen LogP contribution >= 0.6 is 0 Å². The van der Waals surface area contributed by atoms with E-state index in [-0.39, 0.29) is 17.9 Å². The molecule has 1 fully saturated rings. The third kappa shape index (κ3) is 4.07. The van der Waals surface area contributed by atoms with Crippen LogP contribution in [0.15, 0.2) is 53.3 Å². The van der Waals surface area contributed by atoms with Gasteiger partial charge in [-0.15, -0.1) is 0 Å². The number of anilines is 1. The third-order valence-corrected chi connectivity index (χ3v) is 5.63. The second-order valence-corrected chi connectivity index (χ2v) is 7.72. The molecule has 2 aromatic carbocycles. The number of benzene rings is 2. The van der Waals surface area contributed by atoms with E-state index in [2.05, 4.69) is 11.0 Å². The molecule has 0 amide bonds. The molecule has 1 aromatic heterocycles. The lowest BCUT2D eigenvalue weighted by molar-refractivity contribution is -0.915. The van der Waals surface area contributed by atoms with Crippen LogP contribution in [0.2, 0.25) is 0 Å². The fourth-order valence-corrected chi connectivity index (χ4v) is 4.09. The molecule has 2 heterocycles. The van der Waals surface area contributed by atoms with E-state index in [4.69, 9.17) is 9.72 Å². The number of piperazine rings is 1. The lowest BCUT2D eigenvalue weighted by Gasteiger charge is -2.34. The maximum Gasteiger partial charge on any atom is 0.261 e. The first kappa shape index (κ1) is 20.1. The van der Waals surface area contributed by atoms with Gasteiger partial charge in [-0.3, -0.25) is 14.2 Å². The number of methoxy groups -OCH3 is 1. The summed E-state index contributed by atoms with van der Waals surface area (Å²) in [5.41, 5.74) is 1.65. The molecule has 1 N–H and O–H groups in total. The molecule has 30 heavy (non-hydrogen) atoms. The van der Waals surface area contributed by atoms with Gasteiger partial charge >= 0.3 is 0 Å². The van der Waals surface area contributed by atoms with E-state index in [9.17, 15) is 9.59 Å². The highest BCUT2D eigenvalue weighted by molar-refractivity contribution is 5.79. The van der Waals surface area contributed by atoms with Crippen LogP contribution in [0.25, 0.3) is 10.9 Å². The number of ketones is 1. The van der Waals surface area contributed by atoms with E-state index < -0.39 is 0 Å². The first-order chi connectivity index (χ1) is 14.6. The smallest absolute Gasteiger partial charge is 0.261 e. The van der Waals surface area contributed by atoms with E-state index in [1.165, 1.54) is 11.8 Å². The number of ether oxygens (including phenoxy) is 1. The monoisotopic (exact) mass is 407 g/mol. The minimum atomic E-state index is -0.141. The molecule has 0 spiro atoms. The molecule has 3 aromatic rings. The van der Waals surface area contributed by atoms with Crippen molar-refractivity contribution in [1.29, 1.82) is 0 Å². The first-order valence-electron chi connectivity index (χ1n) is 10.3. The van der Waals surface area contributed by atoms with Crippen LogP contribution in [-0.4, -0.2) is 48.6 Å². The van der Waals surface area contributed by atoms with Crippen LogP contribution in [0.1, 0.15) is 12.7 Å². The van der Waals surface area contributed by atoms with Gasteiger partial charge in [0.15, 0.2) is 5.82 Å². The van der Waals surface area contributed by atoms with Gasteiger partial charge in [0, 0.05) is 0 Å². The van der Waals surface area contributed by atoms with Crippen molar-refractivity contribution < 1.29 is 14.4 Å². The number of aromatic nitrogens is 2. The van der Waals surface area contributed by atoms with Crippen LogP contribution < -0.4 is 20.1 Å². The van der Waals surface area contributed by atoms with Crippen LogP contribution in [0.3, 0.4) is 0 Å². The molecule has 7 nitrogen and oxygen atoms in total. The Hall–Kier alpha value is -3.19. The van der Waals surface area contributed by atoms with E-state index in [0.29, 0.717) is 23.3 Å². The van der Waals surface area contributed by atoms with Gasteiger partial charge in [-0.25, -0.2) is 4.98 Å². The molecule has 0 unspecified atom stereocenters. The van der Waals surface area contributed by atoms with E-state index in [0.717, 1.165) is 37.6 Å². The average molecular weight is 407 g/mol. The topological polar surface area (TPSA) is 68.9 Å². The zero-order valence-electron chi connectivity index (χ0n) is 17.4. The quantitative estimate of drug-likeness (QED) is 0.658. The predicted octanol–water partition coefficient (Wildman–Crippen LogP) is 0.899. The lowest BCUT2D eigenvalue weighted by Crippen LogP contribution is -3.13. The number of para-hydroxylation sites is 3. The minimum absolute atomic E-state index is 0.0496. The maximum atomic E-state index is 13.0. The number of fused-ring (bicyclic) bond motifs is 1. The van der Waals surface area contributed by atoms with Crippen molar-refractivity contribution in [3.63, 3.8) is 0 Å². The van der Waals surface area contributed by atoms with Crippen molar-refractivity contribution >= 4 is 22.4 Å². The van der Waals surface area contributed by atoms with Crippen molar-refractivity contribution in [1.82, 2.24) is 9.55 Å².